The second-order valence-corrected chi connectivity index (χ2v) is 7.92. The maximum absolute atomic E-state index is 12.6. The van der Waals surface area contributed by atoms with Gasteiger partial charge in [0.15, 0.2) is 5.11 Å². The largest absolute Gasteiger partial charge is 0.332 e. The Labute approximate surface area is 194 Å². The maximum Gasteiger partial charge on any atom is 0.266 e. The molecule has 33 heavy (non-hydrogen) atoms. The van der Waals surface area contributed by atoms with E-state index in [4.69, 9.17) is 12.2 Å². The first-order valence-corrected chi connectivity index (χ1v) is 10.6. The summed E-state index contributed by atoms with van der Waals surface area (Å²) in [6.45, 7) is 0. The molecule has 0 aromatic heterocycles. The minimum atomic E-state index is -0.352. The minimum absolute atomic E-state index is 0.140. The lowest BCUT2D eigenvalue weighted by Crippen LogP contribution is -2.34. The van der Waals surface area contributed by atoms with Crippen molar-refractivity contribution in [2.45, 2.75) is 0 Å². The number of amides is 3. The van der Waals surface area contributed by atoms with E-state index in [2.05, 4.69) is 10.6 Å². The minimum Gasteiger partial charge on any atom is -0.332 e. The van der Waals surface area contributed by atoms with Gasteiger partial charge in [-0.05, 0) is 71.5 Å². The molecule has 160 valence electrons. The molecular weight excluding hydrogens is 434 g/mol. The van der Waals surface area contributed by atoms with Gasteiger partial charge in [0.05, 0.1) is 16.8 Å². The van der Waals surface area contributed by atoms with Crippen LogP contribution < -0.4 is 15.5 Å². The molecule has 7 heteroatoms. The highest BCUT2D eigenvalue weighted by Crippen LogP contribution is 2.29. The van der Waals surface area contributed by atoms with Crippen LogP contribution in [0.2, 0.25) is 0 Å². The molecule has 1 aliphatic rings. The molecule has 6 nitrogen and oxygen atoms in total. The van der Waals surface area contributed by atoms with Gasteiger partial charge in [0.25, 0.3) is 17.7 Å². The molecule has 4 aromatic rings. The van der Waals surface area contributed by atoms with E-state index in [1.807, 2.05) is 36.4 Å². The second kappa shape index (κ2) is 8.29. The summed E-state index contributed by atoms with van der Waals surface area (Å²) in [5, 5.41) is 7.77. The van der Waals surface area contributed by atoms with Crippen molar-refractivity contribution in [2.75, 3.05) is 10.2 Å². The van der Waals surface area contributed by atoms with Crippen LogP contribution in [0.4, 0.5) is 11.4 Å². The zero-order valence-electron chi connectivity index (χ0n) is 17.2. The van der Waals surface area contributed by atoms with Gasteiger partial charge >= 0.3 is 0 Å². The average molecular weight is 452 g/mol. The molecule has 0 bridgehead atoms. The van der Waals surface area contributed by atoms with Crippen LogP contribution >= 0.6 is 12.2 Å². The van der Waals surface area contributed by atoms with E-state index in [9.17, 15) is 14.4 Å². The molecule has 5 rings (SSSR count). The Morgan fingerprint density at radius 2 is 1.33 bits per heavy atom. The number of thiocarbonyl (C=S) groups is 1. The van der Waals surface area contributed by atoms with Crippen molar-refractivity contribution >= 4 is 57.2 Å². The lowest BCUT2D eigenvalue weighted by atomic mass is 10.1. The molecule has 1 heterocycles. The van der Waals surface area contributed by atoms with Crippen LogP contribution in [0.3, 0.4) is 0 Å². The number of fused-ring (bicyclic) bond motifs is 2. The Bertz CT molecular complexity index is 1410. The summed E-state index contributed by atoms with van der Waals surface area (Å²) < 4.78 is 0. The molecule has 3 amide bonds. The third kappa shape index (κ3) is 3.86. The molecular formula is C26H17N3O3S. The fourth-order valence-electron chi connectivity index (χ4n) is 3.79. The van der Waals surface area contributed by atoms with Crippen molar-refractivity contribution < 1.29 is 14.4 Å². The van der Waals surface area contributed by atoms with Crippen LogP contribution in [0.15, 0.2) is 91.0 Å². The highest BCUT2D eigenvalue weighted by atomic mass is 32.1. The summed E-state index contributed by atoms with van der Waals surface area (Å²) in [5.74, 6) is -1.02. The SMILES string of the molecule is O=C(NC(=S)Nc1ccc(N2C(=O)c3ccccc3C2=O)cc1)c1ccc2ccccc2c1. The van der Waals surface area contributed by atoms with Crippen molar-refractivity contribution in [3.63, 3.8) is 0 Å². The van der Waals surface area contributed by atoms with Crippen molar-refractivity contribution in [1.29, 1.82) is 0 Å². The predicted octanol–water partition coefficient (Wildman–Crippen LogP) is 4.77. The maximum atomic E-state index is 12.6. The number of hydrogen-bond acceptors (Lipinski definition) is 4. The number of benzene rings is 4. The molecule has 0 aliphatic carbocycles. The summed E-state index contributed by atoms with van der Waals surface area (Å²) in [5.41, 5.74) is 2.35. The van der Waals surface area contributed by atoms with Crippen LogP contribution in [0.5, 0.6) is 0 Å². The topological polar surface area (TPSA) is 78.5 Å². The molecule has 0 saturated carbocycles. The first-order valence-electron chi connectivity index (χ1n) is 10.2. The smallest absolute Gasteiger partial charge is 0.266 e. The van der Waals surface area contributed by atoms with Crippen LogP contribution in [0.25, 0.3) is 10.8 Å². The van der Waals surface area contributed by atoms with Crippen molar-refractivity contribution in [1.82, 2.24) is 5.32 Å². The Morgan fingerprint density at radius 1 is 0.727 bits per heavy atom. The van der Waals surface area contributed by atoms with Gasteiger partial charge in [-0.25, -0.2) is 4.90 Å². The van der Waals surface area contributed by atoms with Crippen LogP contribution in [0.1, 0.15) is 31.1 Å². The van der Waals surface area contributed by atoms with Gasteiger partial charge in [-0.3, -0.25) is 19.7 Å². The number of nitrogens with one attached hydrogen (secondary N) is 2. The average Bonchev–Trinajstić information content (AvgIpc) is 3.09. The number of hydrogen-bond donors (Lipinski definition) is 2. The molecule has 1 aliphatic heterocycles. The summed E-state index contributed by atoms with van der Waals surface area (Å²) in [4.78, 5) is 39.0. The quantitative estimate of drug-likeness (QED) is 0.347. The third-order valence-corrected chi connectivity index (χ3v) is 5.62. The van der Waals surface area contributed by atoms with Gasteiger partial charge in [0.1, 0.15) is 0 Å². The second-order valence-electron chi connectivity index (χ2n) is 7.51. The van der Waals surface area contributed by atoms with Crippen LogP contribution in [-0.2, 0) is 0 Å². The van der Waals surface area contributed by atoms with Gasteiger partial charge in [0.2, 0.25) is 0 Å². The number of carbonyl (C=O) groups is 3. The molecule has 4 aromatic carbocycles. The Balaban J connectivity index is 1.25. The number of carbonyl (C=O) groups excluding carboxylic acids is 3. The van der Waals surface area contributed by atoms with Gasteiger partial charge in [-0.2, -0.15) is 0 Å². The summed E-state index contributed by atoms with van der Waals surface area (Å²) in [7, 11) is 0. The first kappa shape index (κ1) is 20.5. The fourth-order valence-corrected chi connectivity index (χ4v) is 4.00. The predicted molar refractivity (Wildman–Crippen MR) is 132 cm³/mol. The molecule has 0 radical (unpaired) electrons. The van der Waals surface area contributed by atoms with Crippen LogP contribution in [0, 0.1) is 0 Å². The number of anilines is 2. The summed E-state index contributed by atoms with van der Waals surface area (Å²) in [6.07, 6.45) is 0. The van der Waals surface area contributed by atoms with E-state index in [0.29, 0.717) is 28.1 Å². The molecule has 0 fully saturated rings. The molecule has 0 unspecified atom stereocenters. The van der Waals surface area contributed by atoms with E-state index < -0.39 is 0 Å². The van der Waals surface area contributed by atoms with E-state index in [1.54, 1.807) is 54.6 Å². The van der Waals surface area contributed by atoms with E-state index in [-0.39, 0.29) is 22.8 Å². The lowest BCUT2D eigenvalue weighted by Gasteiger charge is -2.15. The zero-order valence-corrected chi connectivity index (χ0v) is 18.1. The van der Waals surface area contributed by atoms with Gasteiger partial charge in [-0.15, -0.1) is 0 Å². The number of imide groups is 1. The summed E-state index contributed by atoms with van der Waals surface area (Å²) >= 11 is 5.27. The first-order chi connectivity index (χ1) is 16.0. The van der Waals surface area contributed by atoms with E-state index in [0.717, 1.165) is 15.7 Å². The van der Waals surface area contributed by atoms with Crippen molar-refractivity contribution in [2.24, 2.45) is 0 Å². The zero-order chi connectivity index (χ0) is 22.9. The number of rotatable bonds is 3. The van der Waals surface area contributed by atoms with Crippen LogP contribution in [-0.4, -0.2) is 22.8 Å². The highest BCUT2D eigenvalue weighted by Gasteiger charge is 2.36. The molecule has 0 atom stereocenters. The molecule has 0 saturated heterocycles. The fraction of sp³-hybridized carbons (Fsp3) is 0. The van der Waals surface area contributed by atoms with Gasteiger partial charge in [0, 0.05) is 11.3 Å². The standard InChI is InChI=1S/C26H17N3O3S/c30-23(18-10-9-16-5-1-2-6-17(16)15-18)28-26(33)27-19-11-13-20(14-12-19)29-24(31)21-7-3-4-8-22(21)25(29)32/h1-15H,(H2,27,28,30,33). The molecule has 0 spiro atoms. The lowest BCUT2D eigenvalue weighted by molar-refractivity contribution is 0.0923. The Hall–Kier alpha value is -4.36. The number of nitrogens with zero attached hydrogens (tertiary/aromatic N) is 1. The third-order valence-electron chi connectivity index (χ3n) is 5.42. The van der Waals surface area contributed by atoms with E-state index >= 15 is 0 Å². The van der Waals surface area contributed by atoms with Gasteiger partial charge in [-0.1, -0.05) is 42.5 Å². The van der Waals surface area contributed by atoms with Gasteiger partial charge < -0.3 is 5.32 Å². The highest BCUT2D eigenvalue weighted by molar-refractivity contribution is 7.80. The Morgan fingerprint density at radius 3 is 2.00 bits per heavy atom. The van der Waals surface area contributed by atoms with Crippen molar-refractivity contribution in [3.8, 4) is 0 Å². The monoisotopic (exact) mass is 451 g/mol. The normalized spacial score (nSPS) is 12.5. The molecule has 2 N–H and O–H groups in total. The summed E-state index contributed by atoms with van der Waals surface area (Å²) in [6, 6.07) is 26.7. The Kier molecular flexibility index (Phi) is 5.16. The van der Waals surface area contributed by atoms with E-state index in [1.165, 1.54) is 0 Å². The van der Waals surface area contributed by atoms with Crippen molar-refractivity contribution in [3.05, 3.63) is 108 Å².